The number of aliphatic hydroxyl groups excluding tert-OH is 1. The summed E-state index contributed by atoms with van der Waals surface area (Å²) in [5.41, 5.74) is 0.798. The summed E-state index contributed by atoms with van der Waals surface area (Å²) in [6.45, 7) is 2.25. The third-order valence-electron chi connectivity index (χ3n) is 2.41. The second-order valence-electron chi connectivity index (χ2n) is 3.67. The van der Waals surface area contributed by atoms with Gasteiger partial charge in [-0.1, -0.05) is 43.7 Å². The monoisotopic (exact) mass is 222 g/mol. The highest BCUT2D eigenvalue weighted by atomic mass is 16.5. The molecule has 0 spiro atoms. The van der Waals surface area contributed by atoms with E-state index in [-0.39, 0.29) is 12.6 Å². The first-order valence-corrected chi connectivity index (χ1v) is 5.62. The van der Waals surface area contributed by atoms with Crippen molar-refractivity contribution in [3.8, 4) is 0 Å². The van der Waals surface area contributed by atoms with Gasteiger partial charge in [-0.25, -0.2) is 0 Å². The van der Waals surface area contributed by atoms with E-state index < -0.39 is 5.92 Å². The van der Waals surface area contributed by atoms with Crippen molar-refractivity contribution in [3.05, 3.63) is 35.9 Å². The van der Waals surface area contributed by atoms with Crippen LogP contribution >= 0.6 is 0 Å². The van der Waals surface area contributed by atoms with E-state index in [0.717, 1.165) is 18.4 Å². The van der Waals surface area contributed by atoms with Gasteiger partial charge in [0.15, 0.2) is 0 Å². The summed E-state index contributed by atoms with van der Waals surface area (Å²) in [5.74, 6) is -0.903. The third-order valence-corrected chi connectivity index (χ3v) is 2.41. The van der Waals surface area contributed by atoms with Crippen LogP contribution < -0.4 is 0 Å². The van der Waals surface area contributed by atoms with E-state index in [1.165, 1.54) is 0 Å². The lowest BCUT2D eigenvalue weighted by Gasteiger charge is -2.13. The van der Waals surface area contributed by atoms with Gasteiger partial charge in [0.2, 0.25) is 0 Å². The maximum atomic E-state index is 11.7. The van der Waals surface area contributed by atoms with Crippen LogP contribution in [0.2, 0.25) is 0 Å². The molecule has 0 aromatic heterocycles. The zero-order valence-electron chi connectivity index (χ0n) is 9.56. The second kappa shape index (κ2) is 7.01. The van der Waals surface area contributed by atoms with Crippen LogP contribution in [0.1, 0.15) is 31.2 Å². The van der Waals surface area contributed by atoms with Gasteiger partial charge in [0.25, 0.3) is 0 Å². The first kappa shape index (κ1) is 12.7. The van der Waals surface area contributed by atoms with Crippen molar-refractivity contribution in [2.24, 2.45) is 0 Å². The number of hydrogen-bond acceptors (Lipinski definition) is 3. The highest BCUT2D eigenvalue weighted by Gasteiger charge is 2.20. The lowest BCUT2D eigenvalue weighted by atomic mass is 10.0. The number of hydrogen-bond donors (Lipinski definition) is 1. The number of unbranched alkanes of at least 4 members (excludes halogenated alkanes) is 1. The van der Waals surface area contributed by atoms with Gasteiger partial charge in [-0.15, -0.1) is 0 Å². The number of carbonyl (C=O) groups is 1. The van der Waals surface area contributed by atoms with E-state index in [4.69, 9.17) is 4.74 Å². The van der Waals surface area contributed by atoms with Crippen molar-refractivity contribution < 1.29 is 14.6 Å². The molecule has 0 unspecified atom stereocenters. The lowest BCUT2D eigenvalue weighted by molar-refractivity contribution is -0.146. The van der Waals surface area contributed by atoms with E-state index in [2.05, 4.69) is 0 Å². The maximum Gasteiger partial charge on any atom is 0.315 e. The molecule has 1 aromatic carbocycles. The number of esters is 1. The Kier molecular flexibility index (Phi) is 5.57. The van der Waals surface area contributed by atoms with Crippen LogP contribution in [0.5, 0.6) is 0 Å². The maximum absolute atomic E-state index is 11.7. The van der Waals surface area contributed by atoms with Gasteiger partial charge in [-0.05, 0) is 12.0 Å². The molecular formula is C13H18O3. The van der Waals surface area contributed by atoms with Crippen molar-refractivity contribution in [1.29, 1.82) is 0 Å². The summed E-state index contributed by atoms with van der Waals surface area (Å²) in [7, 11) is 0. The number of rotatable bonds is 6. The fraction of sp³-hybridized carbons (Fsp3) is 0.462. The third kappa shape index (κ3) is 3.66. The summed E-state index contributed by atoms with van der Waals surface area (Å²) < 4.78 is 5.09. The van der Waals surface area contributed by atoms with E-state index in [1.807, 2.05) is 37.3 Å². The van der Waals surface area contributed by atoms with Crippen molar-refractivity contribution in [1.82, 2.24) is 0 Å². The Hall–Kier alpha value is -1.35. The van der Waals surface area contributed by atoms with Crippen LogP contribution in [0.4, 0.5) is 0 Å². The quantitative estimate of drug-likeness (QED) is 0.592. The minimum absolute atomic E-state index is 0.213. The molecule has 0 radical (unpaired) electrons. The molecule has 0 fully saturated rings. The summed E-state index contributed by atoms with van der Waals surface area (Å²) in [6.07, 6.45) is 1.85. The van der Waals surface area contributed by atoms with Gasteiger partial charge in [0.05, 0.1) is 13.2 Å². The fourth-order valence-corrected chi connectivity index (χ4v) is 1.42. The Balaban J connectivity index is 2.57. The summed E-state index contributed by atoms with van der Waals surface area (Å²) >= 11 is 0. The molecule has 1 aromatic rings. The predicted octanol–water partition coefficient (Wildman–Crippen LogP) is 2.11. The Morgan fingerprint density at radius 1 is 1.38 bits per heavy atom. The molecule has 3 heteroatoms. The minimum atomic E-state index is -0.557. The van der Waals surface area contributed by atoms with Gasteiger partial charge in [0, 0.05) is 0 Å². The standard InChI is InChI=1S/C13H18O3/c1-2-3-9-16-13(15)12(10-14)11-7-5-4-6-8-11/h4-8,12,14H,2-3,9-10H2,1H3/t12-/m1/s1. The largest absolute Gasteiger partial charge is 0.465 e. The number of ether oxygens (including phenoxy) is 1. The van der Waals surface area contributed by atoms with Crippen LogP contribution in [0.25, 0.3) is 0 Å². The topological polar surface area (TPSA) is 46.5 Å². The van der Waals surface area contributed by atoms with Gasteiger partial charge >= 0.3 is 5.97 Å². The molecular weight excluding hydrogens is 204 g/mol. The fourth-order valence-electron chi connectivity index (χ4n) is 1.42. The van der Waals surface area contributed by atoms with Crippen molar-refractivity contribution >= 4 is 5.97 Å². The Bertz CT molecular complexity index is 308. The molecule has 0 aliphatic heterocycles. The van der Waals surface area contributed by atoms with Crippen LogP contribution in [0.3, 0.4) is 0 Å². The van der Waals surface area contributed by atoms with E-state index in [1.54, 1.807) is 0 Å². The van der Waals surface area contributed by atoms with Crippen LogP contribution in [-0.4, -0.2) is 24.3 Å². The SMILES string of the molecule is CCCCOC(=O)[C@H](CO)c1ccccc1. The normalized spacial score (nSPS) is 12.1. The molecule has 0 aliphatic rings. The number of carbonyl (C=O) groups excluding carboxylic acids is 1. The minimum Gasteiger partial charge on any atom is -0.465 e. The molecule has 16 heavy (non-hydrogen) atoms. The molecule has 1 N–H and O–H groups in total. The Labute approximate surface area is 96.1 Å². The summed E-state index contributed by atoms with van der Waals surface area (Å²) in [5, 5.41) is 9.21. The molecule has 0 amide bonds. The van der Waals surface area contributed by atoms with Gasteiger partial charge < -0.3 is 9.84 Å². The van der Waals surface area contributed by atoms with Crippen LogP contribution in [-0.2, 0) is 9.53 Å². The van der Waals surface area contributed by atoms with Gasteiger partial charge in [-0.2, -0.15) is 0 Å². The van der Waals surface area contributed by atoms with Crippen molar-refractivity contribution in [3.63, 3.8) is 0 Å². The Morgan fingerprint density at radius 3 is 2.62 bits per heavy atom. The molecule has 88 valence electrons. The van der Waals surface area contributed by atoms with E-state index in [9.17, 15) is 9.90 Å². The van der Waals surface area contributed by atoms with Gasteiger partial charge in [-0.3, -0.25) is 4.79 Å². The molecule has 3 nitrogen and oxygen atoms in total. The van der Waals surface area contributed by atoms with Crippen LogP contribution in [0, 0.1) is 0 Å². The second-order valence-corrected chi connectivity index (χ2v) is 3.67. The number of aliphatic hydroxyl groups is 1. The average molecular weight is 222 g/mol. The molecule has 1 atom stereocenters. The summed E-state index contributed by atoms with van der Waals surface area (Å²) in [4.78, 5) is 11.7. The first-order chi connectivity index (χ1) is 7.79. The first-order valence-electron chi connectivity index (χ1n) is 5.62. The van der Waals surface area contributed by atoms with Crippen molar-refractivity contribution in [2.75, 3.05) is 13.2 Å². The lowest BCUT2D eigenvalue weighted by Crippen LogP contribution is -2.19. The smallest absolute Gasteiger partial charge is 0.315 e. The Morgan fingerprint density at radius 2 is 2.06 bits per heavy atom. The number of benzene rings is 1. The molecule has 0 saturated heterocycles. The molecule has 0 heterocycles. The average Bonchev–Trinajstić information content (AvgIpc) is 2.32. The van der Waals surface area contributed by atoms with Crippen molar-refractivity contribution in [2.45, 2.75) is 25.7 Å². The summed E-state index contributed by atoms with van der Waals surface area (Å²) in [6, 6.07) is 9.21. The van der Waals surface area contributed by atoms with Crippen LogP contribution in [0.15, 0.2) is 30.3 Å². The highest BCUT2D eigenvalue weighted by molar-refractivity contribution is 5.78. The molecule has 0 saturated carbocycles. The molecule has 1 rings (SSSR count). The predicted molar refractivity (Wildman–Crippen MR) is 62.1 cm³/mol. The van der Waals surface area contributed by atoms with E-state index >= 15 is 0 Å². The van der Waals surface area contributed by atoms with E-state index in [0.29, 0.717) is 6.61 Å². The zero-order chi connectivity index (χ0) is 11.8. The van der Waals surface area contributed by atoms with Gasteiger partial charge in [0.1, 0.15) is 5.92 Å². The molecule has 0 bridgehead atoms. The molecule has 0 aliphatic carbocycles. The highest BCUT2D eigenvalue weighted by Crippen LogP contribution is 2.16. The zero-order valence-corrected chi connectivity index (χ0v) is 9.56.